The van der Waals surface area contributed by atoms with Gasteiger partial charge in [-0.2, -0.15) is 0 Å². The lowest BCUT2D eigenvalue weighted by molar-refractivity contribution is 0.0687. The maximum absolute atomic E-state index is 11.1. The third-order valence-electron chi connectivity index (χ3n) is 2.52. The molecule has 0 saturated heterocycles. The summed E-state index contributed by atoms with van der Waals surface area (Å²) in [6.07, 6.45) is 0.138. The molecule has 0 spiro atoms. The Morgan fingerprint density at radius 1 is 1.50 bits per heavy atom. The van der Waals surface area contributed by atoms with Crippen LogP contribution in [0.5, 0.6) is 0 Å². The molecule has 0 radical (unpaired) electrons. The van der Waals surface area contributed by atoms with Gasteiger partial charge in [0.15, 0.2) is 0 Å². The van der Waals surface area contributed by atoms with E-state index in [0.29, 0.717) is 24.2 Å². The third kappa shape index (κ3) is 2.48. The second-order valence-electron chi connectivity index (χ2n) is 4.21. The molecule has 0 amide bonds. The molecule has 0 saturated carbocycles. The number of nitrogens with zero attached hydrogens (tertiary/aromatic N) is 3. The summed E-state index contributed by atoms with van der Waals surface area (Å²) < 4.78 is 7.00. The fraction of sp³-hybridized carbons (Fsp3) is 0.417. The average molecular weight is 249 g/mol. The first-order valence-electron chi connectivity index (χ1n) is 5.76. The number of rotatable bonds is 5. The number of hydrogen-bond acceptors (Lipinski definition) is 4. The van der Waals surface area contributed by atoms with E-state index in [1.807, 2.05) is 13.8 Å². The molecule has 6 nitrogen and oxygen atoms in total. The molecule has 0 bridgehead atoms. The molecule has 0 aliphatic rings. The average Bonchev–Trinajstić information content (AvgIpc) is 2.72. The van der Waals surface area contributed by atoms with Crippen LogP contribution >= 0.6 is 0 Å². The van der Waals surface area contributed by atoms with Crippen molar-refractivity contribution in [1.29, 1.82) is 0 Å². The van der Waals surface area contributed by atoms with Crippen molar-refractivity contribution in [1.82, 2.24) is 15.0 Å². The Kier molecular flexibility index (Phi) is 3.57. The van der Waals surface area contributed by atoms with E-state index in [0.717, 1.165) is 0 Å². The van der Waals surface area contributed by atoms with Gasteiger partial charge >= 0.3 is 5.97 Å². The number of carboxylic acid groups (broad SMARTS) is 1. The summed E-state index contributed by atoms with van der Waals surface area (Å²) in [5.41, 5.74) is 1.33. The molecule has 0 aliphatic carbocycles. The van der Waals surface area contributed by atoms with Crippen LogP contribution in [-0.4, -0.2) is 38.8 Å². The number of para-hydroxylation sites is 1. The Balaban J connectivity index is 2.30. The van der Waals surface area contributed by atoms with Crippen molar-refractivity contribution < 1.29 is 14.6 Å². The predicted octanol–water partition coefficient (Wildman–Crippen LogP) is 1.55. The lowest BCUT2D eigenvalue weighted by Gasteiger charge is -2.08. The molecule has 1 aromatic carbocycles. The Labute approximate surface area is 104 Å². The van der Waals surface area contributed by atoms with E-state index in [1.54, 1.807) is 22.9 Å². The monoisotopic (exact) mass is 249 g/mol. The van der Waals surface area contributed by atoms with Crippen LogP contribution in [-0.2, 0) is 11.3 Å². The highest BCUT2D eigenvalue weighted by molar-refractivity contribution is 6.00. The number of ether oxygens (including phenoxy) is 1. The van der Waals surface area contributed by atoms with Crippen molar-refractivity contribution in [3.05, 3.63) is 23.8 Å². The van der Waals surface area contributed by atoms with Gasteiger partial charge < -0.3 is 9.84 Å². The molecule has 1 aromatic heterocycles. The number of benzene rings is 1. The first kappa shape index (κ1) is 12.5. The van der Waals surface area contributed by atoms with Gasteiger partial charge in [0.2, 0.25) is 0 Å². The fourth-order valence-corrected chi connectivity index (χ4v) is 1.73. The van der Waals surface area contributed by atoms with Crippen LogP contribution in [0.15, 0.2) is 18.2 Å². The summed E-state index contributed by atoms with van der Waals surface area (Å²) in [6, 6.07) is 4.96. The summed E-state index contributed by atoms with van der Waals surface area (Å²) >= 11 is 0. The van der Waals surface area contributed by atoms with Crippen molar-refractivity contribution in [2.75, 3.05) is 6.61 Å². The normalized spacial score (nSPS) is 11.3. The number of carboxylic acids is 1. The highest BCUT2D eigenvalue weighted by atomic mass is 16.5. The van der Waals surface area contributed by atoms with Crippen LogP contribution in [0.1, 0.15) is 24.2 Å². The Bertz CT molecular complexity index is 563. The lowest BCUT2D eigenvalue weighted by atomic mass is 10.2. The SMILES string of the molecule is CC(C)OCCn1nnc2cccc(C(=O)O)c21. The summed E-state index contributed by atoms with van der Waals surface area (Å²) in [7, 11) is 0. The molecule has 1 N–H and O–H groups in total. The molecule has 0 unspecified atom stereocenters. The zero-order valence-corrected chi connectivity index (χ0v) is 10.3. The summed E-state index contributed by atoms with van der Waals surface area (Å²) in [5.74, 6) is -0.978. The Morgan fingerprint density at radius 2 is 2.28 bits per heavy atom. The standard InChI is InChI=1S/C12H15N3O3/c1-8(2)18-7-6-15-11-9(12(16)17)4-3-5-10(11)13-14-15/h3-5,8H,6-7H2,1-2H3,(H,16,17). The van der Waals surface area contributed by atoms with Gasteiger partial charge in [0.1, 0.15) is 11.0 Å². The van der Waals surface area contributed by atoms with Gasteiger partial charge in [0.05, 0.1) is 24.8 Å². The maximum atomic E-state index is 11.1. The summed E-state index contributed by atoms with van der Waals surface area (Å²) in [5, 5.41) is 17.1. The van der Waals surface area contributed by atoms with Crippen LogP contribution in [0.25, 0.3) is 11.0 Å². The molecule has 2 aromatic rings. The molecule has 6 heteroatoms. The smallest absolute Gasteiger partial charge is 0.337 e. The first-order chi connectivity index (χ1) is 8.59. The molecular formula is C12H15N3O3. The quantitative estimate of drug-likeness (QED) is 0.870. The fourth-order valence-electron chi connectivity index (χ4n) is 1.73. The molecule has 0 aliphatic heterocycles. The van der Waals surface area contributed by atoms with Gasteiger partial charge in [-0.1, -0.05) is 11.3 Å². The molecule has 1 heterocycles. The van der Waals surface area contributed by atoms with Crippen LogP contribution < -0.4 is 0 Å². The van der Waals surface area contributed by atoms with E-state index in [1.165, 1.54) is 0 Å². The van der Waals surface area contributed by atoms with Crippen molar-refractivity contribution in [3.8, 4) is 0 Å². The van der Waals surface area contributed by atoms with Gasteiger partial charge in [0, 0.05) is 0 Å². The molecule has 0 atom stereocenters. The summed E-state index contributed by atoms with van der Waals surface area (Å²) in [4.78, 5) is 11.1. The zero-order chi connectivity index (χ0) is 13.1. The van der Waals surface area contributed by atoms with Gasteiger partial charge in [-0.05, 0) is 26.0 Å². The van der Waals surface area contributed by atoms with Crippen molar-refractivity contribution >= 4 is 17.0 Å². The van der Waals surface area contributed by atoms with Crippen molar-refractivity contribution in [2.24, 2.45) is 0 Å². The number of hydrogen-bond donors (Lipinski definition) is 1. The van der Waals surface area contributed by atoms with E-state index < -0.39 is 5.97 Å². The highest BCUT2D eigenvalue weighted by Gasteiger charge is 2.14. The minimum absolute atomic E-state index is 0.138. The minimum Gasteiger partial charge on any atom is -0.478 e. The molecule has 18 heavy (non-hydrogen) atoms. The maximum Gasteiger partial charge on any atom is 0.337 e. The minimum atomic E-state index is -0.978. The van der Waals surface area contributed by atoms with E-state index in [-0.39, 0.29) is 11.7 Å². The molecule has 96 valence electrons. The van der Waals surface area contributed by atoms with Gasteiger partial charge in [-0.25, -0.2) is 9.48 Å². The predicted molar refractivity (Wildman–Crippen MR) is 65.6 cm³/mol. The van der Waals surface area contributed by atoms with Crippen LogP contribution in [0.4, 0.5) is 0 Å². The van der Waals surface area contributed by atoms with Crippen LogP contribution in [0, 0.1) is 0 Å². The second-order valence-corrected chi connectivity index (χ2v) is 4.21. The van der Waals surface area contributed by atoms with E-state index >= 15 is 0 Å². The van der Waals surface area contributed by atoms with E-state index in [9.17, 15) is 4.79 Å². The van der Waals surface area contributed by atoms with E-state index in [2.05, 4.69) is 10.3 Å². The topological polar surface area (TPSA) is 77.2 Å². The number of carbonyl (C=O) groups is 1. The molecular weight excluding hydrogens is 234 g/mol. The number of aromatic nitrogens is 3. The second kappa shape index (κ2) is 5.14. The largest absolute Gasteiger partial charge is 0.478 e. The molecule has 0 fully saturated rings. The van der Waals surface area contributed by atoms with E-state index in [4.69, 9.17) is 9.84 Å². The van der Waals surface area contributed by atoms with Crippen molar-refractivity contribution in [3.63, 3.8) is 0 Å². The van der Waals surface area contributed by atoms with Crippen molar-refractivity contribution in [2.45, 2.75) is 26.5 Å². The first-order valence-corrected chi connectivity index (χ1v) is 5.76. The Hall–Kier alpha value is -1.95. The summed E-state index contributed by atoms with van der Waals surface area (Å²) in [6.45, 7) is 4.85. The van der Waals surface area contributed by atoms with Gasteiger partial charge in [-0.3, -0.25) is 0 Å². The highest BCUT2D eigenvalue weighted by Crippen LogP contribution is 2.16. The molecule has 2 rings (SSSR count). The van der Waals surface area contributed by atoms with Crippen LogP contribution in [0.3, 0.4) is 0 Å². The van der Waals surface area contributed by atoms with Gasteiger partial charge in [-0.15, -0.1) is 5.10 Å². The van der Waals surface area contributed by atoms with Crippen LogP contribution in [0.2, 0.25) is 0 Å². The lowest BCUT2D eigenvalue weighted by Crippen LogP contribution is -2.12. The zero-order valence-electron chi connectivity index (χ0n) is 10.3. The third-order valence-corrected chi connectivity index (χ3v) is 2.52. The Morgan fingerprint density at radius 3 is 2.94 bits per heavy atom. The number of aromatic carboxylic acids is 1. The number of fused-ring (bicyclic) bond motifs is 1. The van der Waals surface area contributed by atoms with Gasteiger partial charge in [0.25, 0.3) is 0 Å².